The maximum absolute atomic E-state index is 12.4. The number of hydrogen-bond acceptors (Lipinski definition) is 10. The SMILES string of the molecule is CCN1C(=O)/C(=C\c2ccc(O[C@@H]3O[C@H](CO)[C@H](O)[C@H](O)[C@H]3O)c(OC)c2)SC1=S. The van der Waals surface area contributed by atoms with Gasteiger partial charge in [-0.25, -0.2) is 0 Å². The lowest BCUT2D eigenvalue weighted by atomic mass is 9.99. The molecule has 0 spiro atoms. The van der Waals surface area contributed by atoms with Gasteiger partial charge < -0.3 is 34.6 Å². The molecule has 0 bridgehead atoms. The quantitative estimate of drug-likeness (QED) is 0.345. The summed E-state index contributed by atoms with van der Waals surface area (Å²) in [6, 6.07) is 4.88. The van der Waals surface area contributed by atoms with Crippen LogP contribution in [-0.2, 0) is 9.53 Å². The van der Waals surface area contributed by atoms with Gasteiger partial charge in [-0.15, -0.1) is 0 Å². The van der Waals surface area contributed by atoms with Gasteiger partial charge in [0.25, 0.3) is 5.91 Å². The third-order valence-corrected chi connectivity index (χ3v) is 6.14. The van der Waals surface area contributed by atoms with E-state index in [2.05, 4.69) is 0 Å². The van der Waals surface area contributed by atoms with Gasteiger partial charge in [0.2, 0.25) is 6.29 Å². The average Bonchev–Trinajstić information content (AvgIpc) is 3.01. The second-order valence-corrected chi connectivity index (χ2v) is 8.33. The number of aliphatic hydroxyl groups is 4. The Bertz CT molecular complexity index is 846. The van der Waals surface area contributed by atoms with Gasteiger partial charge in [0.05, 0.1) is 18.6 Å². The molecule has 0 radical (unpaired) electrons. The van der Waals surface area contributed by atoms with E-state index in [1.807, 2.05) is 6.92 Å². The molecule has 164 valence electrons. The summed E-state index contributed by atoms with van der Waals surface area (Å²) in [6.45, 7) is 1.79. The van der Waals surface area contributed by atoms with Crippen molar-refractivity contribution in [2.45, 2.75) is 37.6 Å². The highest BCUT2D eigenvalue weighted by molar-refractivity contribution is 8.26. The topological polar surface area (TPSA) is 129 Å². The standard InChI is InChI=1S/C19H23NO8S2/c1-3-20-17(25)13(30-19(20)29)7-9-4-5-10(11(6-9)26-2)27-18-16(24)15(23)14(22)12(8-21)28-18/h4-7,12,14-16,18,21-24H,3,8H2,1-2H3/b13-7+/t12-,14+,15+,16-,18-/m1/s1. The predicted molar refractivity (Wildman–Crippen MR) is 113 cm³/mol. The summed E-state index contributed by atoms with van der Waals surface area (Å²) in [4.78, 5) is 14.4. The number of methoxy groups -OCH3 is 1. The summed E-state index contributed by atoms with van der Waals surface area (Å²) >= 11 is 6.43. The predicted octanol–water partition coefficient (Wildman–Crippen LogP) is 0.0950. The summed E-state index contributed by atoms with van der Waals surface area (Å²) in [5.41, 5.74) is 0.671. The zero-order valence-electron chi connectivity index (χ0n) is 16.3. The second-order valence-electron chi connectivity index (χ2n) is 6.65. The Morgan fingerprint density at radius 3 is 2.57 bits per heavy atom. The molecule has 0 saturated carbocycles. The van der Waals surface area contributed by atoms with E-state index >= 15 is 0 Å². The molecule has 2 aliphatic heterocycles. The van der Waals surface area contributed by atoms with Gasteiger partial charge in [0, 0.05) is 6.54 Å². The highest BCUT2D eigenvalue weighted by Crippen LogP contribution is 2.35. The summed E-state index contributed by atoms with van der Waals surface area (Å²) in [6.07, 6.45) is -5.29. The van der Waals surface area contributed by atoms with E-state index in [0.29, 0.717) is 27.1 Å². The lowest BCUT2D eigenvalue weighted by molar-refractivity contribution is -0.277. The van der Waals surface area contributed by atoms with E-state index < -0.39 is 37.3 Å². The molecule has 30 heavy (non-hydrogen) atoms. The average molecular weight is 458 g/mol. The highest BCUT2D eigenvalue weighted by atomic mass is 32.2. The number of ether oxygens (including phenoxy) is 3. The maximum atomic E-state index is 12.4. The third-order valence-electron chi connectivity index (χ3n) is 4.77. The zero-order chi connectivity index (χ0) is 22.0. The molecule has 4 N–H and O–H groups in total. The first-order chi connectivity index (χ1) is 14.3. The van der Waals surface area contributed by atoms with Gasteiger partial charge >= 0.3 is 0 Å². The van der Waals surface area contributed by atoms with E-state index in [9.17, 15) is 25.2 Å². The van der Waals surface area contributed by atoms with Gasteiger partial charge in [-0.05, 0) is 30.7 Å². The largest absolute Gasteiger partial charge is 0.493 e. The van der Waals surface area contributed by atoms with Gasteiger partial charge in [-0.3, -0.25) is 9.69 Å². The third kappa shape index (κ3) is 4.47. The monoisotopic (exact) mass is 457 g/mol. The van der Waals surface area contributed by atoms with E-state index in [0.717, 1.165) is 0 Å². The molecular weight excluding hydrogens is 434 g/mol. The number of benzene rings is 1. The molecule has 0 unspecified atom stereocenters. The summed E-state index contributed by atoms with van der Waals surface area (Å²) in [7, 11) is 1.43. The van der Waals surface area contributed by atoms with Crippen LogP contribution in [0.3, 0.4) is 0 Å². The van der Waals surface area contributed by atoms with Crippen molar-refractivity contribution >= 4 is 40.3 Å². The minimum atomic E-state index is -1.55. The van der Waals surface area contributed by atoms with Crippen molar-refractivity contribution in [2.75, 3.05) is 20.3 Å². The molecule has 0 aliphatic carbocycles. The minimum Gasteiger partial charge on any atom is -0.493 e. The van der Waals surface area contributed by atoms with Crippen LogP contribution >= 0.6 is 24.0 Å². The summed E-state index contributed by atoms with van der Waals surface area (Å²) < 4.78 is 16.8. The summed E-state index contributed by atoms with van der Waals surface area (Å²) in [5.74, 6) is 0.347. The Labute approximate surface area is 182 Å². The van der Waals surface area contributed by atoms with Crippen LogP contribution < -0.4 is 9.47 Å². The number of thioether (sulfide) groups is 1. The van der Waals surface area contributed by atoms with Crippen molar-refractivity contribution in [1.82, 2.24) is 4.90 Å². The Balaban J connectivity index is 1.81. The normalized spacial score (nSPS) is 30.8. The van der Waals surface area contributed by atoms with Crippen LogP contribution in [0, 0.1) is 0 Å². The van der Waals surface area contributed by atoms with Crippen LogP contribution in [-0.4, -0.2) is 86.5 Å². The number of likely N-dealkylation sites (N-methyl/N-ethyl adjacent to an activating group) is 1. The summed E-state index contributed by atoms with van der Waals surface area (Å²) in [5, 5.41) is 39.2. The number of nitrogens with zero attached hydrogens (tertiary/aromatic N) is 1. The number of thiocarbonyl (C=S) groups is 1. The lowest BCUT2D eigenvalue weighted by Crippen LogP contribution is -2.60. The molecule has 1 aromatic rings. The number of aliphatic hydroxyl groups excluding tert-OH is 4. The van der Waals surface area contributed by atoms with Crippen molar-refractivity contribution in [3.8, 4) is 11.5 Å². The molecule has 2 aliphatic rings. The molecule has 9 nitrogen and oxygen atoms in total. The van der Waals surface area contributed by atoms with Gasteiger partial charge in [-0.2, -0.15) is 0 Å². The minimum absolute atomic E-state index is 0.159. The zero-order valence-corrected chi connectivity index (χ0v) is 17.9. The van der Waals surface area contributed by atoms with Gasteiger partial charge in [0.1, 0.15) is 28.7 Å². The molecule has 2 fully saturated rings. The van der Waals surface area contributed by atoms with Crippen molar-refractivity contribution in [3.63, 3.8) is 0 Å². The number of carbonyl (C=O) groups excluding carboxylic acids is 1. The van der Waals surface area contributed by atoms with Crippen LogP contribution in [0.2, 0.25) is 0 Å². The Morgan fingerprint density at radius 1 is 1.23 bits per heavy atom. The maximum Gasteiger partial charge on any atom is 0.266 e. The first-order valence-corrected chi connectivity index (χ1v) is 10.4. The number of rotatable bonds is 6. The van der Waals surface area contributed by atoms with Crippen molar-refractivity contribution in [2.24, 2.45) is 0 Å². The van der Waals surface area contributed by atoms with E-state index in [1.54, 1.807) is 24.3 Å². The fourth-order valence-electron chi connectivity index (χ4n) is 3.09. The molecule has 2 heterocycles. The fourth-order valence-corrected chi connectivity index (χ4v) is 4.47. The van der Waals surface area contributed by atoms with Crippen LogP contribution in [0.25, 0.3) is 6.08 Å². The Morgan fingerprint density at radius 2 is 1.97 bits per heavy atom. The molecule has 0 aromatic heterocycles. The first kappa shape index (κ1) is 22.9. The van der Waals surface area contributed by atoms with Gasteiger partial charge in [0.15, 0.2) is 11.5 Å². The molecule has 1 amide bonds. The van der Waals surface area contributed by atoms with Crippen molar-refractivity contribution in [1.29, 1.82) is 0 Å². The highest BCUT2D eigenvalue weighted by Gasteiger charge is 2.45. The van der Waals surface area contributed by atoms with Crippen LogP contribution in [0.5, 0.6) is 11.5 Å². The Kier molecular flexibility index (Phi) is 7.34. The first-order valence-electron chi connectivity index (χ1n) is 9.21. The van der Waals surface area contributed by atoms with Crippen molar-refractivity contribution < 1.29 is 39.4 Å². The van der Waals surface area contributed by atoms with Crippen LogP contribution in [0.4, 0.5) is 0 Å². The number of amides is 1. The molecular formula is C19H23NO8S2. The van der Waals surface area contributed by atoms with Crippen LogP contribution in [0.15, 0.2) is 23.1 Å². The Hall–Kier alpha value is -1.73. The lowest BCUT2D eigenvalue weighted by Gasteiger charge is -2.39. The molecule has 11 heteroatoms. The molecule has 3 rings (SSSR count). The van der Waals surface area contributed by atoms with Crippen LogP contribution in [0.1, 0.15) is 12.5 Å². The fraction of sp³-hybridized carbons (Fsp3) is 0.474. The van der Waals surface area contributed by atoms with E-state index in [-0.39, 0.29) is 11.7 Å². The van der Waals surface area contributed by atoms with E-state index in [1.165, 1.54) is 23.8 Å². The molecule has 5 atom stereocenters. The van der Waals surface area contributed by atoms with Crippen molar-refractivity contribution in [3.05, 3.63) is 28.7 Å². The van der Waals surface area contributed by atoms with Gasteiger partial charge in [-0.1, -0.05) is 30.0 Å². The molecule has 1 aromatic carbocycles. The second kappa shape index (κ2) is 9.60. The smallest absolute Gasteiger partial charge is 0.266 e. The number of carbonyl (C=O) groups is 1. The number of hydrogen-bond donors (Lipinski definition) is 4. The molecule has 2 saturated heterocycles. The van der Waals surface area contributed by atoms with E-state index in [4.69, 9.17) is 26.4 Å².